The van der Waals surface area contributed by atoms with Crippen molar-refractivity contribution in [3.8, 4) is 0 Å². The molecule has 5 nitrogen and oxygen atoms in total. The highest BCUT2D eigenvalue weighted by molar-refractivity contribution is 6.33. The second-order valence-electron chi connectivity index (χ2n) is 5.04. The minimum atomic E-state index is -0.793. The lowest BCUT2D eigenvalue weighted by atomic mass is 10.2. The number of carbonyl (C=O) groups excluding carboxylic acids is 1. The number of hydrogen-bond acceptors (Lipinski definition) is 3. The third-order valence-corrected chi connectivity index (χ3v) is 2.75. The van der Waals surface area contributed by atoms with E-state index in [2.05, 4.69) is 10.6 Å². The molecule has 0 aliphatic carbocycles. The number of hydrogen-bond donors (Lipinski definition) is 3. The lowest BCUT2D eigenvalue weighted by Gasteiger charge is -2.14. The maximum Gasteiger partial charge on any atom is 0.319 e. The molecule has 1 unspecified atom stereocenters. The predicted octanol–water partition coefficient (Wildman–Crippen LogP) is 2.63. The summed E-state index contributed by atoms with van der Waals surface area (Å²) in [7, 11) is 0. The summed E-state index contributed by atoms with van der Waals surface area (Å²) >= 11 is 5.78. The van der Waals surface area contributed by atoms with Crippen LogP contribution in [0.4, 0.5) is 14.9 Å². The van der Waals surface area contributed by atoms with E-state index in [4.69, 9.17) is 16.3 Å². The zero-order chi connectivity index (χ0) is 15.8. The number of rotatable bonds is 7. The molecule has 118 valence electrons. The van der Waals surface area contributed by atoms with E-state index in [0.717, 1.165) is 6.07 Å². The number of carbonyl (C=O) groups is 1. The first-order chi connectivity index (χ1) is 9.88. The number of benzene rings is 1. The van der Waals surface area contributed by atoms with Gasteiger partial charge in [-0.1, -0.05) is 25.4 Å². The van der Waals surface area contributed by atoms with Crippen LogP contribution in [0.5, 0.6) is 0 Å². The summed E-state index contributed by atoms with van der Waals surface area (Å²) in [5, 5.41) is 14.7. The molecule has 0 heterocycles. The van der Waals surface area contributed by atoms with Crippen LogP contribution < -0.4 is 10.6 Å². The van der Waals surface area contributed by atoms with Crippen LogP contribution in [0.1, 0.15) is 13.8 Å². The molecule has 1 aromatic rings. The maximum atomic E-state index is 12.9. The number of urea groups is 1. The molecular formula is C14H20ClFN2O3. The summed E-state index contributed by atoms with van der Waals surface area (Å²) in [6.45, 7) is 4.75. The van der Waals surface area contributed by atoms with Crippen LogP contribution in [-0.4, -0.2) is 37.0 Å². The number of halogens is 2. The van der Waals surface area contributed by atoms with Crippen LogP contribution in [0.3, 0.4) is 0 Å². The molecule has 0 saturated carbocycles. The first kappa shape index (κ1) is 17.7. The summed E-state index contributed by atoms with van der Waals surface area (Å²) < 4.78 is 18.1. The summed E-state index contributed by atoms with van der Waals surface area (Å²) in [6, 6.07) is 3.12. The van der Waals surface area contributed by atoms with Gasteiger partial charge in [-0.2, -0.15) is 0 Å². The molecule has 0 radical (unpaired) electrons. The minimum absolute atomic E-state index is 0.0444. The van der Waals surface area contributed by atoms with Gasteiger partial charge in [0.2, 0.25) is 0 Å². The Labute approximate surface area is 128 Å². The molecule has 21 heavy (non-hydrogen) atoms. The lowest BCUT2D eigenvalue weighted by Crippen LogP contribution is -2.37. The second kappa shape index (κ2) is 8.81. The van der Waals surface area contributed by atoms with Crippen molar-refractivity contribution in [1.82, 2.24) is 5.32 Å². The van der Waals surface area contributed by atoms with Crippen molar-refractivity contribution in [2.24, 2.45) is 5.92 Å². The topological polar surface area (TPSA) is 70.6 Å². The highest BCUT2D eigenvalue weighted by Crippen LogP contribution is 2.22. The Hall–Kier alpha value is -1.37. The number of anilines is 1. The summed E-state index contributed by atoms with van der Waals surface area (Å²) in [4.78, 5) is 11.6. The number of amides is 2. The van der Waals surface area contributed by atoms with Gasteiger partial charge in [-0.25, -0.2) is 9.18 Å². The fraction of sp³-hybridized carbons (Fsp3) is 0.500. The average molecular weight is 319 g/mol. The number of ether oxygens (including phenoxy) is 1. The predicted molar refractivity (Wildman–Crippen MR) is 80.1 cm³/mol. The summed E-state index contributed by atoms with van der Waals surface area (Å²) in [5.41, 5.74) is 0.293. The average Bonchev–Trinajstić information content (AvgIpc) is 2.39. The number of aliphatic hydroxyl groups is 1. The number of nitrogens with one attached hydrogen (secondary N) is 2. The van der Waals surface area contributed by atoms with Crippen LogP contribution in [0.25, 0.3) is 0 Å². The van der Waals surface area contributed by atoms with Gasteiger partial charge in [0, 0.05) is 13.2 Å². The Balaban J connectivity index is 2.30. The van der Waals surface area contributed by atoms with Crippen molar-refractivity contribution in [1.29, 1.82) is 0 Å². The summed E-state index contributed by atoms with van der Waals surface area (Å²) in [6.07, 6.45) is -0.793. The quantitative estimate of drug-likeness (QED) is 0.724. The Bertz CT molecular complexity index is 472. The molecule has 0 fully saturated rings. The first-order valence-corrected chi connectivity index (χ1v) is 7.02. The Morgan fingerprint density at radius 1 is 1.43 bits per heavy atom. The number of aliphatic hydroxyl groups excluding tert-OH is 1. The van der Waals surface area contributed by atoms with E-state index in [0.29, 0.717) is 18.2 Å². The molecule has 0 spiro atoms. The molecule has 0 bridgehead atoms. The Kier molecular flexibility index (Phi) is 7.42. The van der Waals surface area contributed by atoms with Crippen LogP contribution in [0.2, 0.25) is 5.02 Å². The molecular weight excluding hydrogens is 299 g/mol. The Morgan fingerprint density at radius 2 is 2.14 bits per heavy atom. The van der Waals surface area contributed by atoms with Gasteiger partial charge in [0.25, 0.3) is 0 Å². The molecule has 0 aliphatic heterocycles. The van der Waals surface area contributed by atoms with Gasteiger partial charge in [-0.05, 0) is 24.1 Å². The zero-order valence-electron chi connectivity index (χ0n) is 12.0. The minimum Gasteiger partial charge on any atom is -0.389 e. The molecule has 1 aromatic carbocycles. The third kappa shape index (κ3) is 7.27. The smallest absolute Gasteiger partial charge is 0.319 e. The van der Waals surface area contributed by atoms with E-state index < -0.39 is 18.0 Å². The van der Waals surface area contributed by atoms with Crippen LogP contribution >= 0.6 is 11.6 Å². The molecule has 7 heteroatoms. The van der Waals surface area contributed by atoms with Gasteiger partial charge in [-0.15, -0.1) is 0 Å². The van der Waals surface area contributed by atoms with Crippen molar-refractivity contribution >= 4 is 23.3 Å². The third-order valence-electron chi connectivity index (χ3n) is 2.44. The van der Waals surface area contributed by atoms with Crippen molar-refractivity contribution in [3.05, 3.63) is 29.0 Å². The second-order valence-corrected chi connectivity index (χ2v) is 5.45. The molecule has 2 amide bonds. The van der Waals surface area contributed by atoms with E-state index in [1.807, 2.05) is 13.8 Å². The molecule has 1 atom stereocenters. The highest BCUT2D eigenvalue weighted by Gasteiger charge is 2.09. The van der Waals surface area contributed by atoms with Crippen LogP contribution in [-0.2, 0) is 4.74 Å². The SMILES string of the molecule is CC(C)COCC(O)CNC(=O)Nc1ccc(F)cc1Cl. The fourth-order valence-corrected chi connectivity index (χ4v) is 1.68. The van der Waals surface area contributed by atoms with Crippen molar-refractivity contribution in [2.75, 3.05) is 25.1 Å². The Morgan fingerprint density at radius 3 is 2.76 bits per heavy atom. The highest BCUT2D eigenvalue weighted by atomic mass is 35.5. The van der Waals surface area contributed by atoms with Gasteiger partial charge >= 0.3 is 6.03 Å². The van der Waals surface area contributed by atoms with Crippen molar-refractivity contribution < 1.29 is 19.0 Å². The van der Waals surface area contributed by atoms with Crippen molar-refractivity contribution in [3.63, 3.8) is 0 Å². The van der Waals surface area contributed by atoms with E-state index in [1.165, 1.54) is 12.1 Å². The zero-order valence-corrected chi connectivity index (χ0v) is 12.8. The molecule has 1 rings (SSSR count). The van der Waals surface area contributed by atoms with E-state index >= 15 is 0 Å². The lowest BCUT2D eigenvalue weighted by molar-refractivity contribution is 0.0274. The van der Waals surface area contributed by atoms with Crippen molar-refractivity contribution in [2.45, 2.75) is 20.0 Å². The molecule has 0 aromatic heterocycles. The molecule has 3 N–H and O–H groups in total. The van der Waals surface area contributed by atoms with Gasteiger partial charge in [0.05, 0.1) is 23.4 Å². The van der Waals surface area contributed by atoms with E-state index in [-0.39, 0.29) is 18.2 Å². The van der Waals surface area contributed by atoms with Crippen LogP contribution in [0, 0.1) is 11.7 Å². The first-order valence-electron chi connectivity index (χ1n) is 6.64. The van der Waals surface area contributed by atoms with Crippen LogP contribution in [0.15, 0.2) is 18.2 Å². The van der Waals surface area contributed by atoms with E-state index in [9.17, 15) is 14.3 Å². The molecule has 0 aliphatic rings. The van der Waals surface area contributed by atoms with Gasteiger partial charge in [-0.3, -0.25) is 0 Å². The largest absolute Gasteiger partial charge is 0.389 e. The van der Waals surface area contributed by atoms with Gasteiger partial charge < -0.3 is 20.5 Å². The van der Waals surface area contributed by atoms with Gasteiger partial charge in [0.1, 0.15) is 5.82 Å². The van der Waals surface area contributed by atoms with Gasteiger partial charge in [0.15, 0.2) is 0 Å². The maximum absolute atomic E-state index is 12.9. The monoisotopic (exact) mass is 318 g/mol. The normalized spacial score (nSPS) is 12.3. The molecule has 0 saturated heterocycles. The van der Waals surface area contributed by atoms with E-state index in [1.54, 1.807) is 0 Å². The standard InChI is InChI=1S/C14H20ClFN2O3/c1-9(2)7-21-8-11(19)6-17-14(20)18-13-4-3-10(16)5-12(13)15/h3-5,9,11,19H,6-8H2,1-2H3,(H2,17,18,20). The summed E-state index contributed by atoms with van der Waals surface area (Å²) in [5.74, 6) is -0.0993. The fourth-order valence-electron chi connectivity index (χ4n) is 1.47.